The highest BCUT2D eigenvalue weighted by Gasteiger charge is 2.27. The van der Waals surface area contributed by atoms with Crippen molar-refractivity contribution in [3.63, 3.8) is 0 Å². The van der Waals surface area contributed by atoms with Gasteiger partial charge in [-0.3, -0.25) is 4.90 Å². The monoisotopic (exact) mass is 287 g/mol. The van der Waals surface area contributed by atoms with Crippen molar-refractivity contribution in [1.82, 2.24) is 4.90 Å². The van der Waals surface area contributed by atoms with E-state index in [-0.39, 0.29) is 5.76 Å². The predicted octanol–water partition coefficient (Wildman–Crippen LogP) is 3.75. The van der Waals surface area contributed by atoms with Crippen LogP contribution in [0.3, 0.4) is 0 Å². The number of likely N-dealkylation sites (tertiary alicyclic amines) is 1. The fourth-order valence-electron chi connectivity index (χ4n) is 3.23. The van der Waals surface area contributed by atoms with Gasteiger partial charge >= 0.3 is 5.97 Å². The molecule has 1 saturated heterocycles. The number of benzene rings is 1. The Morgan fingerprint density at radius 2 is 2.10 bits per heavy atom. The molecule has 1 fully saturated rings. The number of hydrogen-bond donors (Lipinski definition) is 1. The summed E-state index contributed by atoms with van der Waals surface area (Å²) in [5.74, 6) is -0.242. The summed E-state index contributed by atoms with van der Waals surface area (Å²) in [5, 5.41) is 10.3. The number of aromatic carboxylic acids is 1. The lowest BCUT2D eigenvalue weighted by molar-refractivity contribution is 0.0657. The van der Waals surface area contributed by atoms with Crippen molar-refractivity contribution in [2.45, 2.75) is 39.3 Å². The highest BCUT2D eigenvalue weighted by atomic mass is 16.4. The molecule has 2 atom stereocenters. The molecule has 4 heteroatoms. The fourth-order valence-corrected chi connectivity index (χ4v) is 3.23. The third kappa shape index (κ3) is 2.68. The lowest BCUT2D eigenvalue weighted by Crippen LogP contribution is -2.40. The second-order valence-corrected chi connectivity index (χ2v) is 6.17. The van der Waals surface area contributed by atoms with E-state index in [0.717, 1.165) is 17.5 Å². The molecule has 0 amide bonds. The summed E-state index contributed by atoms with van der Waals surface area (Å²) in [6.45, 7) is 6.13. The van der Waals surface area contributed by atoms with E-state index in [0.29, 0.717) is 24.1 Å². The highest BCUT2D eigenvalue weighted by Crippen LogP contribution is 2.30. The second-order valence-electron chi connectivity index (χ2n) is 6.17. The first-order valence-corrected chi connectivity index (χ1v) is 7.54. The molecule has 1 aliphatic heterocycles. The number of hydrogen-bond acceptors (Lipinski definition) is 3. The molecular weight excluding hydrogens is 266 g/mol. The van der Waals surface area contributed by atoms with Gasteiger partial charge in [-0.05, 0) is 31.7 Å². The van der Waals surface area contributed by atoms with Gasteiger partial charge in [-0.1, -0.05) is 25.1 Å². The number of carboxylic acid groups (broad SMARTS) is 1. The van der Waals surface area contributed by atoms with Gasteiger partial charge in [-0.15, -0.1) is 0 Å². The Kier molecular flexibility index (Phi) is 3.72. The van der Waals surface area contributed by atoms with Crippen molar-refractivity contribution >= 4 is 16.9 Å². The normalized spacial score (nSPS) is 23.5. The number of furan rings is 1. The first kappa shape index (κ1) is 14.1. The van der Waals surface area contributed by atoms with E-state index in [4.69, 9.17) is 4.42 Å². The molecule has 2 aromatic rings. The summed E-state index contributed by atoms with van der Waals surface area (Å²) in [7, 11) is 0. The molecule has 1 N–H and O–H groups in total. The van der Waals surface area contributed by atoms with Gasteiger partial charge in [-0.2, -0.15) is 0 Å². The largest absolute Gasteiger partial charge is 0.475 e. The maximum Gasteiger partial charge on any atom is 0.372 e. The van der Waals surface area contributed by atoms with Crippen LogP contribution in [-0.4, -0.2) is 28.6 Å². The van der Waals surface area contributed by atoms with E-state index >= 15 is 0 Å². The Morgan fingerprint density at radius 1 is 1.33 bits per heavy atom. The molecule has 4 nitrogen and oxygen atoms in total. The average Bonchev–Trinajstić information content (AvgIpc) is 2.82. The van der Waals surface area contributed by atoms with Crippen LogP contribution in [0.15, 0.2) is 28.7 Å². The van der Waals surface area contributed by atoms with E-state index in [1.54, 1.807) is 0 Å². The minimum absolute atomic E-state index is 0.0848. The van der Waals surface area contributed by atoms with Crippen LogP contribution in [0.2, 0.25) is 0 Å². The Morgan fingerprint density at radius 3 is 2.86 bits per heavy atom. The standard InChI is InChI=1S/C17H21NO3/c1-11-7-8-12(2)18(9-11)10-14-13-5-3-4-6-15(13)21-16(14)17(19)20/h3-6,11-12H,7-10H2,1-2H3,(H,19,20). The fraction of sp³-hybridized carbons (Fsp3) is 0.471. The number of piperidine rings is 1. The Balaban J connectivity index is 1.98. The zero-order chi connectivity index (χ0) is 15.0. The van der Waals surface area contributed by atoms with Crippen LogP contribution in [0.1, 0.15) is 42.8 Å². The van der Waals surface area contributed by atoms with Crippen molar-refractivity contribution in [2.75, 3.05) is 6.54 Å². The number of para-hydroxylation sites is 1. The lowest BCUT2D eigenvalue weighted by atomic mass is 9.94. The number of fused-ring (bicyclic) bond motifs is 1. The van der Waals surface area contributed by atoms with Crippen molar-refractivity contribution in [2.24, 2.45) is 5.92 Å². The van der Waals surface area contributed by atoms with Crippen molar-refractivity contribution in [3.8, 4) is 0 Å². The SMILES string of the molecule is CC1CCC(C)N(Cc2c(C(=O)O)oc3ccccc23)C1. The quantitative estimate of drug-likeness (QED) is 0.934. The first-order valence-electron chi connectivity index (χ1n) is 7.54. The summed E-state index contributed by atoms with van der Waals surface area (Å²) in [5.41, 5.74) is 1.46. The molecule has 3 rings (SSSR count). The van der Waals surface area contributed by atoms with E-state index < -0.39 is 5.97 Å². The minimum Gasteiger partial charge on any atom is -0.475 e. The molecule has 0 aliphatic carbocycles. The van der Waals surface area contributed by atoms with E-state index in [1.807, 2.05) is 24.3 Å². The molecule has 1 aliphatic rings. The summed E-state index contributed by atoms with van der Waals surface area (Å²) in [4.78, 5) is 13.8. The molecule has 2 heterocycles. The van der Waals surface area contributed by atoms with Gasteiger partial charge in [0.25, 0.3) is 0 Å². The van der Waals surface area contributed by atoms with Gasteiger partial charge in [-0.25, -0.2) is 4.79 Å². The van der Waals surface area contributed by atoms with Gasteiger partial charge in [0, 0.05) is 30.1 Å². The number of rotatable bonds is 3. The molecule has 0 saturated carbocycles. The molecule has 0 radical (unpaired) electrons. The average molecular weight is 287 g/mol. The Hall–Kier alpha value is -1.81. The predicted molar refractivity (Wildman–Crippen MR) is 81.4 cm³/mol. The van der Waals surface area contributed by atoms with E-state index in [2.05, 4.69) is 18.7 Å². The smallest absolute Gasteiger partial charge is 0.372 e. The first-order chi connectivity index (χ1) is 10.1. The van der Waals surface area contributed by atoms with Crippen LogP contribution in [0.4, 0.5) is 0 Å². The van der Waals surface area contributed by atoms with Crippen LogP contribution in [0.5, 0.6) is 0 Å². The summed E-state index contributed by atoms with van der Waals surface area (Å²) >= 11 is 0. The maximum atomic E-state index is 11.5. The summed E-state index contributed by atoms with van der Waals surface area (Å²) in [6.07, 6.45) is 2.41. The molecule has 1 aromatic heterocycles. The van der Waals surface area contributed by atoms with Gasteiger partial charge in [0.1, 0.15) is 5.58 Å². The molecule has 0 spiro atoms. The number of carbonyl (C=O) groups is 1. The second kappa shape index (κ2) is 5.53. The lowest BCUT2D eigenvalue weighted by Gasteiger charge is -2.36. The zero-order valence-electron chi connectivity index (χ0n) is 12.5. The molecular formula is C17H21NO3. The topological polar surface area (TPSA) is 53.7 Å². The zero-order valence-corrected chi connectivity index (χ0v) is 12.5. The minimum atomic E-state index is -0.987. The van der Waals surface area contributed by atoms with E-state index in [1.165, 1.54) is 12.8 Å². The maximum absolute atomic E-state index is 11.5. The van der Waals surface area contributed by atoms with Gasteiger partial charge in [0.05, 0.1) is 0 Å². The van der Waals surface area contributed by atoms with Crippen molar-refractivity contribution in [3.05, 3.63) is 35.6 Å². The third-order valence-corrected chi connectivity index (χ3v) is 4.50. The molecule has 21 heavy (non-hydrogen) atoms. The van der Waals surface area contributed by atoms with Crippen LogP contribution in [-0.2, 0) is 6.54 Å². The van der Waals surface area contributed by atoms with Crippen LogP contribution >= 0.6 is 0 Å². The number of nitrogens with zero attached hydrogens (tertiary/aromatic N) is 1. The van der Waals surface area contributed by atoms with Gasteiger partial charge < -0.3 is 9.52 Å². The van der Waals surface area contributed by atoms with Crippen LogP contribution in [0, 0.1) is 5.92 Å². The Labute approximate surface area is 124 Å². The molecule has 2 unspecified atom stereocenters. The van der Waals surface area contributed by atoms with Crippen molar-refractivity contribution in [1.29, 1.82) is 0 Å². The number of carboxylic acids is 1. The molecule has 1 aromatic carbocycles. The Bertz CT molecular complexity index is 661. The summed E-state index contributed by atoms with van der Waals surface area (Å²) < 4.78 is 5.54. The van der Waals surface area contributed by atoms with Crippen molar-refractivity contribution < 1.29 is 14.3 Å². The van der Waals surface area contributed by atoms with Gasteiger partial charge in [0.15, 0.2) is 0 Å². The van der Waals surface area contributed by atoms with Crippen LogP contribution < -0.4 is 0 Å². The van der Waals surface area contributed by atoms with Gasteiger partial charge in [0.2, 0.25) is 5.76 Å². The van der Waals surface area contributed by atoms with Crippen LogP contribution in [0.25, 0.3) is 11.0 Å². The highest BCUT2D eigenvalue weighted by molar-refractivity contribution is 5.95. The summed E-state index contributed by atoms with van der Waals surface area (Å²) in [6, 6.07) is 8.05. The molecule has 112 valence electrons. The van der Waals surface area contributed by atoms with E-state index in [9.17, 15) is 9.90 Å². The third-order valence-electron chi connectivity index (χ3n) is 4.50. The molecule has 0 bridgehead atoms.